The zero-order valence-corrected chi connectivity index (χ0v) is 18.5. The molecule has 2 N–H and O–H groups in total. The van der Waals surface area contributed by atoms with Crippen LogP contribution in [0.4, 0.5) is 10.5 Å². The number of ether oxygens (including phenoxy) is 1. The van der Waals surface area contributed by atoms with Crippen molar-refractivity contribution < 1.29 is 14.3 Å². The van der Waals surface area contributed by atoms with Gasteiger partial charge in [-0.2, -0.15) is 0 Å². The molecule has 2 aromatic rings. The summed E-state index contributed by atoms with van der Waals surface area (Å²) in [5.41, 5.74) is 2.56. The van der Waals surface area contributed by atoms with Crippen LogP contribution in [-0.4, -0.2) is 49.2 Å². The zero-order chi connectivity index (χ0) is 22.1. The fourth-order valence-corrected chi connectivity index (χ4v) is 3.79. The Morgan fingerprint density at radius 2 is 1.94 bits per heavy atom. The Labute approximate surface area is 185 Å². The highest BCUT2D eigenvalue weighted by Gasteiger charge is 2.25. The Morgan fingerprint density at radius 1 is 1.13 bits per heavy atom. The van der Waals surface area contributed by atoms with Crippen molar-refractivity contribution in [3.63, 3.8) is 0 Å². The summed E-state index contributed by atoms with van der Waals surface area (Å²) < 4.78 is 5.51. The highest BCUT2D eigenvalue weighted by molar-refractivity contribution is 5.94. The lowest BCUT2D eigenvalue weighted by molar-refractivity contribution is 0.0757. The van der Waals surface area contributed by atoms with E-state index in [0.29, 0.717) is 25.3 Å². The normalized spacial score (nSPS) is 16.2. The summed E-state index contributed by atoms with van der Waals surface area (Å²) in [6, 6.07) is 17.2. The number of piperidine rings is 1. The van der Waals surface area contributed by atoms with Gasteiger partial charge in [0.25, 0.3) is 5.91 Å². The van der Waals surface area contributed by atoms with Gasteiger partial charge in [-0.25, -0.2) is 4.79 Å². The third-order valence-electron chi connectivity index (χ3n) is 5.41. The van der Waals surface area contributed by atoms with Crippen molar-refractivity contribution in [1.29, 1.82) is 0 Å². The topological polar surface area (TPSA) is 70.7 Å². The second kappa shape index (κ2) is 11.5. The molecule has 6 nitrogen and oxygen atoms in total. The van der Waals surface area contributed by atoms with Gasteiger partial charge in [0.05, 0.1) is 6.10 Å². The van der Waals surface area contributed by atoms with E-state index in [9.17, 15) is 9.59 Å². The lowest BCUT2D eigenvalue weighted by Crippen LogP contribution is -2.41. The van der Waals surface area contributed by atoms with Crippen LogP contribution in [0.25, 0.3) is 0 Å². The van der Waals surface area contributed by atoms with Crippen molar-refractivity contribution in [2.24, 2.45) is 0 Å². The van der Waals surface area contributed by atoms with Crippen molar-refractivity contribution in [3.8, 4) is 0 Å². The maximum Gasteiger partial charge on any atom is 0.321 e. The van der Waals surface area contributed by atoms with Crippen molar-refractivity contribution in [2.75, 3.05) is 31.6 Å². The van der Waals surface area contributed by atoms with Crippen molar-refractivity contribution in [1.82, 2.24) is 10.2 Å². The van der Waals surface area contributed by atoms with E-state index < -0.39 is 0 Å². The Morgan fingerprint density at radius 3 is 2.71 bits per heavy atom. The Bertz CT molecular complexity index is 854. The van der Waals surface area contributed by atoms with Crippen molar-refractivity contribution in [2.45, 2.75) is 45.1 Å². The molecule has 0 saturated carbocycles. The number of likely N-dealkylation sites (tertiary alicyclic amines) is 1. The summed E-state index contributed by atoms with van der Waals surface area (Å²) in [5.74, 6) is 0.156. The van der Waals surface area contributed by atoms with Crippen LogP contribution in [0.5, 0.6) is 0 Å². The van der Waals surface area contributed by atoms with Crippen LogP contribution >= 0.6 is 0 Å². The van der Waals surface area contributed by atoms with Gasteiger partial charge in [0.15, 0.2) is 0 Å². The molecular formula is C25H33N3O3. The SMILES string of the molecule is CC(C)OCCCNC(=O)c1cccc([C@H]2CCCN(C(=O)Nc3ccccc3)C2)c1. The van der Waals surface area contributed by atoms with E-state index in [4.69, 9.17) is 4.74 Å². The van der Waals surface area contributed by atoms with Crippen LogP contribution in [-0.2, 0) is 4.74 Å². The quantitative estimate of drug-likeness (QED) is 0.608. The summed E-state index contributed by atoms with van der Waals surface area (Å²) in [7, 11) is 0. The van der Waals surface area contributed by atoms with E-state index >= 15 is 0 Å². The number of carbonyl (C=O) groups is 2. The van der Waals surface area contributed by atoms with Gasteiger partial charge in [0.2, 0.25) is 0 Å². The van der Waals surface area contributed by atoms with Crippen LogP contribution in [0.15, 0.2) is 54.6 Å². The summed E-state index contributed by atoms with van der Waals surface area (Å²) in [6.07, 6.45) is 2.95. The van der Waals surface area contributed by atoms with Crippen LogP contribution < -0.4 is 10.6 Å². The molecule has 0 aliphatic carbocycles. The molecule has 0 unspecified atom stereocenters. The van der Waals surface area contributed by atoms with Gasteiger partial charge in [-0.1, -0.05) is 30.3 Å². The minimum Gasteiger partial charge on any atom is -0.379 e. The first-order valence-electron chi connectivity index (χ1n) is 11.1. The standard InChI is InChI=1S/C25H33N3O3/c1-19(2)31-16-8-14-26-24(29)21-10-6-9-20(17-21)22-11-7-15-28(18-22)25(30)27-23-12-4-3-5-13-23/h3-6,9-10,12-13,17,19,22H,7-8,11,14-16,18H2,1-2H3,(H,26,29)(H,27,30)/t22-/m0/s1. The summed E-state index contributed by atoms with van der Waals surface area (Å²) in [6.45, 7) is 6.63. The summed E-state index contributed by atoms with van der Waals surface area (Å²) in [4.78, 5) is 27.1. The number of hydrogen-bond acceptors (Lipinski definition) is 3. The fourth-order valence-electron chi connectivity index (χ4n) is 3.79. The number of nitrogens with one attached hydrogen (secondary N) is 2. The number of amides is 3. The van der Waals surface area contributed by atoms with Crippen molar-refractivity contribution >= 4 is 17.6 Å². The zero-order valence-electron chi connectivity index (χ0n) is 18.5. The second-order valence-corrected chi connectivity index (χ2v) is 8.24. The molecule has 0 aromatic heterocycles. The minimum absolute atomic E-state index is 0.0686. The van der Waals surface area contributed by atoms with E-state index in [1.165, 1.54) is 0 Å². The number of nitrogens with zero attached hydrogens (tertiary/aromatic N) is 1. The third kappa shape index (κ3) is 7.10. The lowest BCUT2D eigenvalue weighted by atomic mass is 9.89. The molecule has 1 fully saturated rings. The average Bonchev–Trinajstić information content (AvgIpc) is 2.79. The minimum atomic E-state index is -0.0755. The molecule has 0 spiro atoms. The molecule has 2 aromatic carbocycles. The Hall–Kier alpha value is -2.86. The first kappa shape index (κ1) is 22.8. The van der Waals surface area contributed by atoms with Gasteiger partial charge in [-0.05, 0) is 62.9 Å². The van der Waals surface area contributed by atoms with E-state index in [1.54, 1.807) is 0 Å². The van der Waals surface area contributed by atoms with Crippen molar-refractivity contribution in [3.05, 3.63) is 65.7 Å². The molecule has 1 aliphatic heterocycles. The van der Waals surface area contributed by atoms with Crippen LogP contribution in [0.2, 0.25) is 0 Å². The van der Waals surface area contributed by atoms with Gasteiger partial charge in [-0.15, -0.1) is 0 Å². The number of rotatable bonds is 8. The lowest BCUT2D eigenvalue weighted by Gasteiger charge is -2.33. The molecule has 1 aliphatic rings. The molecular weight excluding hydrogens is 390 g/mol. The highest BCUT2D eigenvalue weighted by atomic mass is 16.5. The predicted octanol–water partition coefficient (Wildman–Crippen LogP) is 4.64. The van der Waals surface area contributed by atoms with E-state index in [1.807, 2.05) is 67.3 Å². The van der Waals surface area contributed by atoms with Crippen LogP contribution in [0, 0.1) is 0 Å². The van der Waals surface area contributed by atoms with Gasteiger partial charge < -0.3 is 20.3 Å². The van der Waals surface area contributed by atoms with Gasteiger partial charge in [0, 0.05) is 43.4 Å². The molecule has 6 heteroatoms. The molecule has 3 rings (SSSR count). The Kier molecular flexibility index (Phi) is 8.47. The third-order valence-corrected chi connectivity index (χ3v) is 5.41. The highest BCUT2D eigenvalue weighted by Crippen LogP contribution is 2.28. The van der Waals surface area contributed by atoms with Crippen LogP contribution in [0.1, 0.15) is 54.9 Å². The predicted molar refractivity (Wildman–Crippen MR) is 123 cm³/mol. The van der Waals surface area contributed by atoms with E-state index in [-0.39, 0.29) is 24.0 Å². The fraction of sp³-hybridized carbons (Fsp3) is 0.440. The number of benzene rings is 2. The molecule has 1 saturated heterocycles. The molecule has 0 bridgehead atoms. The maximum atomic E-state index is 12.7. The number of anilines is 1. The molecule has 3 amide bonds. The maximum absolute atomic E-state index is 12.7. The first-order chi connectivity index (χ1) is 15.0. The molecule has 1 heterocycles. The number of hydrogen-bond donors (Lipinski definition) is 2. The largest absolute Gasteiger partial charge is 0.379 e. The van der Waals surface area contributed by atoms with Gasteiger partial charge >= 0.3 is 6.03 Å². The van der Waals surface area contributed by atoms with Gasteiger partial charge in [-0.3, -0.25) is 4.79 Å². The number of urea groups is 1. The second-order valence-electron chi connectivity index (χ2n) is 8.24. The van der Waals surface area contributed by atoms with E-state index in [0.717, 1.165) is 37.1 Å². The molecule has 166 valence electrons. The van der Waals surface area contributed by atoms with Crippen LogP contribution in [0.3, 0.4) is 0 Å². The van der Waals surface area contributed by atoms with Gasteiger partial charge in [0.1, 0.15) is 0 Å². The number of para-hydroxylation sites is 1. The Balaban J connectivity index is 1.54. The average molecular weight is 424 g/mol. The first-order valence-corrected chi connectivity index (χ1v) is 11.1. The van der Waals surface area contributed by atoms with E-state index in [2.05, 4.69) is 16.7 Å². The smallest absolute Gasteiger partial charge is 0.321 e. The number of carbonyl (C=O) groups excluding carboxylic acids is 2. The monoisotopic (exact) mass is 423 g/mol. The molecule has 0 radical (unpaired) electrons. The summed E-state index contributed by atoms with van der Waals surface area (Å²) >= 11 is 0. The molecule has 1 atom stereocenters. The summed E-state index contributed by atoms with van der Waals surface area (Å²) in [5, 5.41) is 5.93. The molecule has 31 heavy (non-hydrogen) atoms.